The zero-order chi connectivity index (χ0) is 15.9. The third-order valence-electron chi connectivity index (χ3n) is 4.08. The minimum absolute atomic E-state index is 0.0916. The fourth-order valence-electron chi connectivity index (χ4n) is 2.72. The predicted molar refractivity (Wildman–Crippen MR) is 84.7 cm³/mol. The van der Waals surface area contributed by atoms with Crippen LogP contribution in [0.25, 0.3) is 5.65 Å². The van der Waals surface area contributed by atoms with Gasteiger partial charge >= 0.3 is 0 Å². The van der Waals surface area contributed by atoms with Crippen LogP contribution in [0, 0.1) is 0 Å². The molecule has 1 aliphatic heterocycles. The van der Waals surface area contributed by atoms with Crippen molar-refractivity contribution in [3.8, 4) is 0 Å². The molecule has 1 fully saturated rings. The van der Waals surface area contributed by atoms with Crippen molar-refractivity contribution in [1.82, 2.24) is 13.7 Å². The monoisotopic (exact) mass is 322 g/mol. The molecule has 7 nitrogen and oxygen atoms in total. The number of hydrogen-bond acceptors (Lipinski definition) is 5. The van der Waals surface area contributed by atoms with E-state index >= 15 is 0 Å². The van der Waals surface area contributed by atoms with Crippen LogP contribution in [0.2, 0.25) is 0 Å². The van der Waals surface area contributed by atoms with E-state index in [9.17, 15) is 13.2 Å². The highest BCUT2D eigenvalue weighted by Crippen LogP contribution is 2.21. The van der Waals surface area contributed by atoms with Gasteiger partial charge in [-0.05, 0) is 18.6 Å². The van der Waals surface area contributed by atoms with Gasteiger partial charge in [-0.1, -0.05) is 6.07 Å². The Morgan fingerprint density at radius 2 is 2.14 bits per heavy atom. The number of aromatic nitrogens is 2. The standard InChI is InChI=1S/C14H18N4O3S/c1-16(22(2,20)21)11-6-8-17(10-11)13-9-14(19)18-7-4-3-5-12(18)15-13/h3-5,7,9,11H,6,8,10H2,1-2H3. The lowest BCUT2D eigenvalue weighted by Gasteiger charge is -2.23. The number of sulfonamides is 1. The smallest absolute Gasteiger partial charge is 0.259 e. The summed E-state index contributed by atoms with van der Waals surface area (Å²) < 4.78 is 26.1. The summed E-state index contributed by atoms with van der Waals surface area (Å²) in [6.07, 6.45) is 3.61. The first-order valence-corrected chi connectivity index (χ1v) is 8.87. The van der Waals surface area contributed by atoms with Crippen LogP contribution in [-0.4, -0.2) is 54.5 Å². The van der Waals surface area contributed by atoms with Crippen molar-refractivity contribution in [2.24, 2.45) is 0 Å². The molecule has 1 unspecified atom stereocenters. The van der Waals surface area contributed by atoms with Crippen molar-refractivity contribution in [1.29, 1.82) is 0 Å². The van der Waals surface area contributed by atoms with Crippen LogP contribution in [0.4, 0.5) is 5.82 Å². The van der Waals surface area contributed by atoms with E-state index in [1.807, 2.05) is 11.0 Å². The van der Waals surface area contributed by atoms with E-state index in [-0.39, 0.29) is 11.6 Å². The normalized spacial score (nSPS) is 19.2. The Kier molecular flexibility index (Phi) is 3.65. The van der Waals surface area contributed by atoms with E-state index in [2.05, 4.69) is 4.98 Å². The van der Waals surface area contributed by atoms with Crippen molar-refractivity contribution in [2.75, 3.05) is 31.3 Å². The fourth-order valence-corrected chi connectivity index (χ4v) is 3.43. The first-order chi connectivity index (χ1) is 10.4. The number of rotatable bonds is 3. The lowest BCUT2D eigenvalue weighted by atomic mass is 10.3. The molecule has 0 bridgehead atoms. The minimum Gasteiger partial charge on any atom is -0.355 e. The molecule has 0 spiro atoms. The van der Waals surface area contributed by atoms with E-state index in [1.54, 1.807) is 25.4 Å². The fraction of sp³-hybridized carbons (Fsp3) is 0.429. The molecule has 3 heterocycles. The lowest BCUT2D eigenvalue weighted by Crippen LogP contribution is -2.38. The van der Waals surface area contributed by atoms with Gasteiger partial charge in [-0.15, -0.1) is 0 Å². The van der Waals surface area contributed by atoms with Crippen LogP contribution in [0.3, 0.4) is 0 Å². The molecule has 0 N–H and O–H groups in total. The second-order valence-corrected chi connectivity index (χ2v) is 7.59. The molecule has 8 heteroatoms. The minimum atomic E-state index is -3.21. The summed E-state index contributed by atoms with van der Waals surface area (Å²) >= 11 is 0. The highest BCUT2D eigenvalue weighted by molar-refractivity contribution is 7.88. The van der Waals surface area contributed by atoms with Gasteiger partial charge in [-0.3, -0.25) is 9.20 Å². The van der Waals surface area contributed by atoms with Gasteiger partial charge in [0.1, 0.15) is 11.5 Å². The number of pyridine rings is 1. The van der Waals surface area contributed by atoms with Gasteiger partial charge in [0.2, 0.25) is 10.0 Å². The Morgan fingerprint density at radius 3 is 2.86 bits per heavy atom. The quantitative estimate of drug-likeness (QED) is 0.805. The molecule has 0 aliphatic carbocycles. The van der Waals surface area contributed by atoms with Crippen LogP contribution in [0.1, 0.15) is 6.42 Å². The van der Waals surface area contributed by atoms with Gasteiger partial charge in [0.25, 0.3) is 5.56 Å². The Balaban J connectivity index is 1.89. The third kappa shape index (κ3) is 2.71. The van der Waals surface area contributed by atoms with E-state index in [1.165, 1.54) is 21.0 Å². The van der Waals surface area contributed by atoms with Crippen LogP contribution < -0.4 is 10.5 Å². The molecule has 1 saturated heterocycles. The summed E-state index contributed by atoms with van der Waals surface area (Å²) in [7, 11) is -1.62. The third-order valence-corrected chi connectivity index (χ3v) is 5.43. The van der Waals surface area contributed by atoms with Crippen molar-refractivity contribution in [2.45, 2.75) is 12.5 Å². The summed E-state index contributed by atoms with van der Waals surface area (Å²) in [5.41, 5.74) is 0.449. The Bertz CT molecular complexity index is 862. The molecule has 0 aromatic carbocycles. The second-order valence-electron chi connectivity index (χ2n) is 5.55. The Morgan fingerprint density at radius 1 is 1.36 bits per heavy atom. The lowest BCUT2D eigenvalue weighted by molar-refractivity contribution is 0.393. The van der Waals surface area contributed by atoms with Crippen LogP contribution in [0.5, 0.6) is 0 Å². The summed E-state index contributed by atoms with van der Waals surface area (Å²) in [6, 6.07) is 6.79. The first-order valence-electron chi connectivity index (χ1n) is 7.02. The molecular weight excluding hydrogens is 304 g/mol. The molecule has 22 heavy (non-hydrogen) atoms. The molecule has 3 rings (SSSR count). The van der Waals surface area contributed by atoms with Crippen LogP contribution in [-0.2, 0) is 10.0 Å². The summed E-state index contributed by atoms with van der Waals surface area (Å²) in [4.78, 5) is 18.6. The average molecular weight is 322 g/mol. The highest BCUT2D eigenvalue weighted by Gasteiger charge is 2.30. The second kappa shape index (κ2) is 5.36. The largest absolute Gasteiger partial charge is 0.355 e. The summed E-state index contributed by atoms with van der Waals surface area (Å²) in [5, 5.41) is 0. The predicted octanol–water partition coefficient (Wildman–Crippen LogP) is 0.165. The zero-order valence-electron chi connectivity index (χ0n) is 12.5. The summed E-state index contributed by atoms with van der Waals surface area (Å²) in [5.74, 6) is 0.598. The van der Waals surface area contributed by atoms with E-state index in [4.69, 9.17) is 0 Å². The van der Waals surface area contributed by atoms with Crippen molar-refractivity contribution in [3.63, 3.8) is 0 Å². The number of hydrogen-bond donors (Lipinski definition) is 0. The molecule has 2 aromatic heterocycles. The number of nitrogens with zero attached hydrogens (tertiary/aromatic N) is 4. The van der Waals surface area contributed by atoms with Gasteiger partial charge in [0.05, 0.1) is 6.26 Å². The number of fused-ring (bicyclic) bond motifs is 1. The maximum absolute atomic E-state index is 12.1. The Labute approximate surface area is 128 Å². The molecule has 0 radical (unpaired) electrons. The molecular formula is C14H18N4O3S. The average Bonchev–Trinajstić information content (AvgIpc) is 2.95. The zero-order valence-corrected chi connectivity index (χ0v) is 13.3. The van der Waals surface area contributed by atoms with Gasteiger partial charge in [-0.25, -0.2) is 17.7 Å². The maximum Gasteiger partial charge on any atom is 0.259 e. The molecule has 0 amide bonds. The maximum atomic E-state index is 12.1. The summed E-state index contributed by atoms with van der Waals surface area (Å²) in [6.45, 7) is 1.22. The van der Waals surface area contributed by atoms with Crippen molar-refractivity contribution in [3.05, 3.63) is 40.8 Å². The topological polar surface area (TPSA) is 75.0 Å². The van der Waals surface area contributed by atoms with Gasteiger partial charge in [0, 0.05) is 38.4 Å². The molecule has 2 aromatic rings. The molecule has 118 valence electrons. The van der Waals surface area contributed by atoms with Gasteiger partial charge in [-0.2, -0.15) is 0 Å². The number of anilines is 1. The van der Waals surface area contributed by atoms with Crippen LogP contribution in [0.15, 0.2) is 35.3 Å². The molecule has 0 saturated carbocycles. The van der Waals surface area contributed by atoms with E-state index in [0.29, 0.717) is 24.6 Å². The Hall–Kier alpha value is -1.93. The molecule has 1 atom stereocenters. The SMILES string of the molecule is CN(C1CCN(c2cc(=O)n3ccccc3n2)C1)S(C)(=O)=O. The molecule has 1 aliphatic rings. The van der Waals surface area contributed by atoms with E-state index in [0.717, 1.165) is 6.42 Å². The van der Waals surface area contributed by atoms with Crippen molar-refractivity contribution >= 4 is 21.5 Å². The first kappa shape index (κ1) is 15.0. The van der Waals surface area contributed by atoms with Crippen LogP contribution >= 0.6 is 0 Å². The van der Waals surface area contributed by atoms with Gasteiger partial charge in [0.15, 0.2) is 0 Å². The van der Waals surface area contributed by atoms with Crippen molar-refractivity contribution < 1.29 is 8.42 Å². The number of likely N-dealkylation sites (N-methyl/N-ethyl adjacent to an activating group) is 1. The van der Waals surface area contributed by atoms with Gasteiger partial charge < -0.3 is 4.90 Å². The van der Waals surface area contributed by atoms with E-state index < -0.39 is 10.0 Å². The highest BCUT2D eigenvalue weighted by atomic mass is 32.2.